The molecule has 0 aliphatic heterocycles. The van der Waals surface area contributed by atoms with Gasteiger partial charge in [-0.3, -0.25) is 4.68 Å². The summed E-state index contributed by atoms with van der Waals surface area (Å²) in [5.74, 6) is 0.689. The lowest BCUT2D eigenvalue weighted by Gasteiger charge is -2.05. The Kier molecular flexibility index (Phi) is 2.83. The molecule has 0 radical (unpaired) electrons. The highest BCUT2D eigenvalue weighted by Gasteiger charge is 2.11. The maximum Gasteiger partial charge on any atom is 0.192 e. The minimum atomic E-state index is 0.689. The number of fused-ring (bicyclic) bond motifs is 1. The lowest BCUT2D eigenvalue weighted by atomic mass is 10.1. The molecule has 1 N–H and O–H groups in total. The third-order valence-corrected chi connectivity index (χ3v) is 3.21. The quantitative estimate of drug-likeness (QED) is 0.781. The summed E-state index contributed by atoms with van der Waals surface area (Å²) in [6, 6.07) is 6.05. The zero-order chi connectivity index (χ0) is 13.4. The summed E-state index contributed by atoms with van der Waals surface area (Å²) in [7, 11) is 3.88. The van der Waals surface area contributed by atoms with E-state index in [-0.39, 0.29) is 0 Å². The maximum absolute atomic E-state index is 5.50. The highest BCUT2D eigenvalue weighted by atomic mass is 16.3. The largest absolute Gasteiger partial charge is 0.441 e. The molecule has 0 fully saturated rings. The van der Waals surface area contributed by atoms with Crippen molar-refractivity contribution in [1.82, 2.24) is 20.1 Å². The van der Waals surface area contributed by atoms with Crippen LogP contribution in [0.15, 0.2) is 28.8 Å². The van der Waals surface area contributed by atoms with Gasteiger partial charge in [0.25, 0.3) is 0 Å². The fourth-order valence-electron chi connectivity index (χ4n) is 2.29. The van der Waals surface area contributed by atoms with E-state index in [0.717, 1.165) is 34.5 Å². The van der Waals surface area contributed by atoms with Crippen molar-refractivity contribution in [3.8, 4) is 11.1 Å². The van der Waals surface area contributed by atoms with Gasteiger partial charge in [-0.1, -0.05) is 6.07 Å². The molecule has 2 aromatic heterocycles. The molecule has 1 aromatic carbocycles. The van der Waals surface area contributed by atoms with E-state index in [4.69, 9.17) is 4.42 Å². The van der Waals surface area contributed by atoms with Crippen LogP contribution in [0.2, 0.25) is 0 Å². The monoisotopic (exact) mass is 256 g/mol. The van der Waals surface area contributed by atoms with E-state index in [1.165, 1.54) is 0 Å². The second-order valence-corrected chi connectivity index (χ2v) is 4.57. The van der Waals surface area contributed by atoms with Crippen LogP contribution < -0.4 is 5.32 Å². The van der Waals surface area contributed by atoms with Crippen LogP contribution in [0.4, 0.5) is 0 Å². The fraction of sp³-hybridized carbons (Fsp3) is 0.286. The van der Waals surface area contributed by atoms with Crippen molar-refractivity contribution in [3.05, 3.63) is 36.0 Å². The van der Waals surface area contributed by atoms with Crippen LogP contribution in [0.25, 0.3) is 22.2 Å². The zero-order valence-electron chi connectivity index (χ0n) is 11.3. The SMILES string of the molecule is CNCc1c(-c2ccc3oc(C)nc3c2)cnn1C. The van der Waals surface area contributed by atoms with Gasteiger partial charge in [0.2, 0.25) is 0 Å². The van der Waals surface area contributed by atoms with Crippen LogP contribution in [0.5, 0.6) is 0 Å². The Bertz CT molecular complexity index is 726. The molecule has 0 aliphatic rings. The van der Waals surface area contributed by atoms with Gasteiger partial charge < -0.3 is 9.73 Å². The van der Waals surface area contributed by atoms with Gasteiger partial charge in [0.05, 0.1) is 11.9 Å². The van der Waals surface area contributed by atoms with E-state index >= 15 is 0 Å². The second kappa shape index (κ2) is 4.51. The Morgan fingerprint density at radius 1 is 1.37 bits per heavy atom. The van der Waals surface area contributed by atoms with Crippen LogP contribution >= 0.6 is 0 Å². The van der Waals surface area contributed by atoms with E-state index in [2.05, 4.69) is 15.4 Å². The van der Waals surface area contributed by atoms with Gasteiger partial charge in [-0.05, 0) is 24.7 Å². The minimum Gasteiger partial charge on any atom is -0.441 e. The molecule has 98 valence electrons. The number of hydrogen-bond donors (Lipinski definition) is 1. The smallest absolute Gasteiger partial charge is 0.192 e. The highest BCUT2D eigenvalue weighted by Crippen LogP contribution is 2.27. The Balaban J connectivity index is 2.13. The van der Waals surface area contributed by atoms with Crippen molar-refractivity contribution < 1.29 is 4.42 Å². The lowest BCUT2D eigenvalue weighted by molar-refractivity contribution is 0.561. The first kappa shape index (κ1) is 11.9. The molecule has 0 atom stereocenters. The molecule has 5 nitrogen and oxygen atoms in total. The van der Waals surface area contributed by atoms with Crippen molar-refractivity contribution in [2.75, 3.05) is 7.05 Å². The van der Waals surface area contributed by atoms with Gasteiger partial charge in [-0.15, -0.1) is 0 Å². The van der Waals surface area contributed by atoms with Crippen LogP contribution in [-0.2, 0) is 13.6 Å². The summed E-state index contributed by atoms with van der Waals surface area (Å²) in [4.78, 5) is 4.37. The number of rotatable bonds is 3. The summed E-state index contributed by atoms with van der Waals surface area (Å²) >= 11 is 0. The first-order valence-electron chi connectivity index (χ1n) is 6.22. The molecule has 0 unspecified atom stereocenters. The average molecular weight is 256 g/mol. The fourth-order valence-corrected chi connectivity index (χ4v) is 2.29. The standard InChI is InChI=1S/C14H16N4O/c1-9-17-12-6-10(4-5-14(12)19-9)11-7-16-18(3)13(11)8-15-2/h4-7,15H,8H2,1-3H3. The number of nitrogens with one attached hydrogen (secondary N) is 1. The summed E-state index contributed by atoms with van der Waals surface area (Å²) in [6.45, 7) is 2.64. The molecule has 3 rings (SSSR count). The molecular formula is C14H16N4O. The summed E-state index contributed by atoms with van der Waals surface area (Å²) in [5.41, 5.74) is 5.09. The van der Waals surface area contributed by atoms with Crippen molar-refractivity contribution in [3.63, 3.8) is 0 Å². The van der Waals surface area contributed by atoms with E-state index in [0.29, 0.717) is 5.89 Å². The molecule has 0 saturated heterocycles. The number of oxazole rings is 1. The first-order valence-corrected chi connectivity index (χ1v) is 6.22. The van der Waals surface area contributed by atoms with Gasteiger partial charge in [0.15, 0.2) is 11.5 Å². The molecule has 0 saturated carbocycles. The summed E-state index contributed by atoms with van der Waals surface area (Å²) in [6.07, 6.45) is 1.89. The molecule has 0 amide bonds. The predicted octanol–water partition coefficient (Wildman–Crippen LogP) is 2.26. The van der Waals surface area contributed by atoms with E-state index in [1.807, 2.05) is 50.1 Å². The van der Waals surface area contributed by atoms with Crippen molar-refractivity contribution >= 4 is 11.1 Å². The highest BCUT2D eigenvalue weighted by molar-refractivity contribution is 5.80. The van der Waals surface area contributed by atoms with Crippen molar-refractivity contribution in [1.29, 1.82) is 0 Å². The molecule has 0 aliphatic carbocycles. The predicted molar refractivity (Wildman–Crippen MR) is 73.7 cm³/mol. The second-order valence-electron chi connectivity index (χ2n) is 4.57. The van der Waals surface area contributed by atoms with Crippen LogP contribution in [-0.4, -0.2) is 21.8 Å². The van der Waals surface area contributed by atoms with Gasteiger partial charge in [0.1, 0.15) is 5.52 Å². The van der Waals surface area contributed by atoms with Gasteiger partial charge in [-0.2, -0.15) is 5.10 Å². The molecule has 0 bridgehead atoms. The van der Waals surface area contributed by atoms with E-state index in [1.54, 1.807) is 0 Å². The number of benzene rings is 1. The first-order chi connectivity index (χ1) is 9.19. The van der Waals surface area contributed by atoms with Gasteiger partial charge in [-0.25, -0.2) is 4.98 Å². The molecule has 3 aromatic rings. The number of aromatic nitrogens is 3. The number of hydrogen-bond acceptors (Lipinski definition) is 4. The molecule has 2 heterocycles. The number of aryl methyl sites for hydroxylation is 2. The molecule has 19 heavy (non-hydrogen) atoms. The Hall–Kier alpha value is -2.14. The normalized spacial score (nSPS) is 11.3. The van der Waals surface area contributed by atoms with Gasteiger partial charge >= 0.3 is 0 Å². The molecule has 5 heteroatoms. The van der Waals surface area contributed by atoms with E-state index < -0.39 is 0 Å². The molecule has 0 spiro atoms. The summed E-state index contributed by atoms with van der Waals surface area (Å²) in [5, 5.41) is 7.50. The lowest BCUT2D eigenvalue weighted by Crippen LogP contribution is -2.10. The third-order valence-electron chi connectivity index (χ3n) is 3.21. The third kappa shape index (κ3) is 2.02. The molecular weight excluding hydrogens is 240 g/mol. The maximum atomic E-state index is 5.50. The Morgan fingerprint density at radius 3 is 3.00 bits per heavy atom. The van der Waals surface area contributed by atoms with Crippen LogP contribution in [0, 0.1) is 6.92 Å². The summed E-state index contributed by atoms with van der Waals surface area (Å²) < 4.78 is 7.39. The number of nitrogens with zero attached hydrogens (tertiary/aromatic N) is 3. The van der Waals surface area contributed by atoms with Crippen LogP contribution in [0.1, 0.15) is 11.6 Å². The minimum absolute atomic E-state index is 0.689. The van der Waals surface area contributed by atoms with Gasteiger partial charge in [0, 0.05) is 26.1 Å². The Morgan fingerprint density at radius 2 is 2.21 bits per heavy atom. The average Bonchev–Trinajstić information content (AvgIpc) is 2.92. The van der Waals surface area contributed by atoms with Crippen molar-refractivity contribution in [2.45, 2.75) is 13.5 Å². The van der Waals surface area contributed by atoms with Crippen LogP contribution in [0.3, 0.4) is 0 Å². The topological polar surface area (TPSA) is 55.9 Å². The Labute approximate surface area is 111 Å². The van der Waals surface area contributed by atoms with E-state index in [9.17, 15) is 0 Å². The van der Waals surface area contributed by atoms with Crippen molar-refractivity contribution in [2.24, 2.45) is 7.05 Å². The zero-order valence-corrected chi connectivity index (χ0v) is 11.3.